The number of nitrogens with zero attached hydrogens (tertiary/aromatic N) is 4. The zero-order valence-electron chi connectivity index (χ0n) is 21.1. The maximum Gasteiger partial charge on any atom is 0.407 e. The van der Waals surface area contributed by atoms with Gasteiger partial charge < -0.3 is 30.7 Å². The average Bonchev–Trinajstić information content (AvgIpc) is 3.62. The maximum atomic E-state index is 14.0. The van der Waals surface area contributed by atoms with E-state index < -0.39 is 17.8 Å². The van der Waals surface area contributed by atoms with Crippen LogP contribution in [0.1, 0.15) is 49.0 Å². The fraction of sp³-hybridized carbons (Fsp3) is 0.480. The molecule has 13 heteroatoms. The molecule has 0 saturated heterocycles. The quantitative estimate of drug-likeness (QED) is 0.293. The fourth-order valence-electron chi connectivity index (χ4n) is 4.43. The summed E-state index contributed by atoms with van der Waals surface area (Å²) in [5, 5.41) is 17.1. The number of hydrogen-bond donors (Lipinski definition) is 4. The summed E-state index contributed by atoms with van der Waals surface area (Å²) >= 11 is 0. The zero-order valence-corrected chi connectivity index (χ0v) is 21.1. The number of ether oxygens (including phenoxy) is 2. The van der Waals surface area contributed by atoms with Gasteiger partial charge in [0, 0.05) is 37.5 Å². The molecule has 12 nitrogen and oxygen atoms in total. The van der Waals surface area contributed by atoms with Gasteiger partial charge in [0.25, 0.3) is 5.91 Å². The van der Waals surface area contributed by atoms with Gasteiger partial charge in [-0.1, -0.05) is 0 Å². The monoisotopic (exact) mass is 526 g/mol. The standard InChI is InChI=1S/C25H31FN8O4/c1-37-10-11-38-25(36)31-17-6-4-16(5-7-17)30-22-12-20(29-15-2-3-15)23-28-14-21(34(23)33-22)24(35)32-19-8-9-27-13-18(19)26/h8-9,12-17,29H,2-7,10-11H2,1H3,(H,30,33)(H,31,36)(H,27,32,35)/t16-,17-. The summed E-state index contributed by atoms with van der Waals surface area (Å²) in [5.41, 5.74) is 1.49. The van der Waals surface area contributed by atoms with Crippen LogP contribution < -0.4 is 21.3 Å². The molecule has 0 atom stereocenters. The molecule has 3 heterocycles. The lowest BCUT2D eigenvalue weighted by atomic mass is 9.91. The number of amides is 2. The molecule has 2 amide bonds. The molecule has 0 aromatic carbocycles. The van der Waals surface area contributed by atoms with E-state index in [2.05, 4.69) is 36.3 Å². The predicted octanol–water partition coefficient (Wildman–Crippen LogP) is 3.19. The molecule has 0 spiro atoms. The smallest absolute Gasteiger partial charge is 0.407 e. The maximum absolute atomic E-state index is 14.0. The SMILES string of the molecule is COCCOC(=O)N[C@H]1CC[C@H](Nc2cc(NC3CC3)c3ncc(C(=O)Nc4ccncc4F)n3n2)CC1. The van der Waals surface area contributed by atoms with E-state index in [-0.39, 0.29) is 30.1 Å². The lowest BCUT2D eigenvalue weighted by molar-refractivity contribution is 0.0950. The Balaban J connectivity index is 1.27. The minimum atomic E-state index is -0.630. The van der Waals surface area contributed by atoms with Crippen molar-refractivity contribution in [3.05, 3.63) is 42.2 Å². The highest BCUT2D eigenvalue weighted by molar-refractivity contribution is 6.03. The summed E-state index contributed by atoms with van der Waals surface area (Å²) in [6, 6.07) is 3.84. The summed E-state index contributed by atoms with van der Waals surface area (Å²) in [5.74, 6) is -0.568. The van der Waals surface area contributed by atoms with Crippen molar-refractivity contribution in [2.75, 3.05) is 36.3 Å². The number of imidazole rings is 1. The van der Waals surface area contributed by atoms with Crippen molar-refractivity contribution in [1.29, 1.82) is 0 Å². The van der Waals surface area contributed by atoms with Crippen LogP contribution in [0.25, 0.3) is 5.65 Å². The summed E-state index contributed by atoms with van der Waals surface area (Å²) in [7, 11) is 1.55. The van der Waals surface area contributed by atoms with Crippen LogP contribution in [0.3, 0.4) is 0 Å². The highest BCUT2D eigenvalue weighted by Gasteiger charge is 2.26. The van der Waals surface area contributed by atoms with Crippen LogP contribution in [0, 0.1) is 5.82 Å². The van der Waals surface area contributed by atoms with Crippen LogP contribution in [-0.2, 0) is 9.47 Å². The number of aromatic nitrogens is 4. The second-order valence-corrected chi connectivity index (χ2v) is 9.52. The number of methoxy groups -OCH3 is 1. The third kappa shape index (κ3) is 6.28. The van der Waals surface area contributed by atoms with E-state index in [0.29, 0.717) is 24.1 Å². The van der Waals surface area contributed by atoms with Gasteiger partial charge in [0.05, 0.1) is 30.4 Å². The van der Waals surface area contributed by atoms with E-state index in [9.17, 15) is 14.0 Å². The lowest BCUT2D eigenvalue weighted by Gasteiger charge is -2.29. The lowest BCUT2D eigenvalue weighted by Crippen LogP contribution is -2.40. The van der Waals surface area contributed by atoms with Gasteiger partial charge in [-0.05, 0) is 44.6 Å². The van der Waals surface area contributed by atoms with Crippen LogP contribution in [0.15, 0.2) is 30.7 Å². The van der Waals surface area contributed by atoms with Crippen molar-refractivity contribution in [2.45, 2.75) is 56.7 Å². The first-order valence-electron chi connectivity index (χ1n) is 12.7. The van der Waals surface area contributed by atoms with Crippen molar-refractivity contribution in [3.8, 4) is 0 Å². The highest BCUT2D eigenvalue weighted by atomic mass is 19.1. The first-order valence-corrected chi connectivity index (χ1v) is 12.7. The molecule has 38 heavy (non-hydrogen) atoms. The third-order valence-electron chi connectivity index (χ3n) is 6.58. The molecule has 5 rings (SSSR count). The molecule has 3 aromatic rings. The molecule has 202 valence electrons. The Hall–Kier alpha value is -4.00. The number of rotatable bonds is 10. The number of fused-ring (bicyclic) bond motifs is 1. The Labute approximate surface area is 218 Å². The number of hydrogen-bond acceptors (Lipinski definition) is 9. The normalized spacial score (nSPS) is 19.1. The number of nitrogens with one attached hydrogen (secondary N) is 4. The summed E-state index contributed by atoms with van der Waals surface area (Å²) in [6.45, 7) is 0.580. The van der Waals surface area contributed by atoms with Crippen molar-refractivity contribution in [2.24, 2.45) is 0 Å². The van der Waals surface area contributed by atoms with Crippen LogP contribution in [-0.4, -0.2) is 70.0 Å². The Morgan fingerprint density at radius 2 is 1.76 bits per heavy atom. The minimum absolute atomic E-state index is 0.0264. The molecule has 2 aliphatic rings. The van der Waals surface area contributed by atoms with E-state index in [1.165, 1.54) is 23.0 Å². The predicted molar refractivity (Wildman–Crippen MR) is 138 cm³/mol. The topological polar surface area (TPSA) is 144 Å². The second kappa shape index (κ2) is 11.6. The van der Waals surface area contributed by atoms with Gasteiger partial charge in [0.2, 0.25) is 0 Å². The van der Waals surface area contributed by atoms with Gasteiger partial charge >= 0.3 is 6.09 Å². The van der Waals surface area contributed by atoms with Crippen LogP contribution >= 0.6 is 0 Å². The Morgan fingerprint density at radius 3 is 2.50 bits per heavy atom. The summed E-state index contributed by atoms with van der Waals surface area (Å²) in [4.78, 5) is 33.1. The van der Waals surface area contributed by atoms with Crippen molar-refractivity contribution >= 4 is 34.8 Å². The minimum Gasteiger partial charge on any atom is -0.447 e. The number of pyridine rings is 1. The second-order valence-electron chi connectivity index (χ2n) is 9.52. The van der Waals surface area contributed by atoms with Gasteiger partial charge in [-0.3, -0.25) is 9.78 Å². The molecule has 0 aliphatic heterocycles. The number of carbonyl (C=O) groups excluding carboxylic acids is 2. The Bertz CT molecular complexity index is 1290. The number of halogens is 1. The molecule has 3 aromatic heterocycles. The molecule has 2 fully saturated rings. The Morgan fingerprint density at radius 1 is 1.03 bits per heavy atom. The average molecular weight is 527 g/mol. The van der Waals surface area contributed by atoms with Gasteiger partial charge in [0.15, 0.2) is 17.2 Å². The first kappa shape index (κ1) is 25.6. The first-order chi connectivity index (χ1) is 18.5. The summed E-state index contributed by atoms with van der Waals surface area (Å²) in [6.07, 6.45) is 8.82. The third-order valence-corrected chi connectivity index (χ3v) is 6.58. The van der Waals surface area contributed by atoms with Gasteiger partial charge in [-0.2, -0.15) is 0 Å². The van der Waals surface area contributed by atoms with Crippen LogP contribution in [0.5, 0.6) is 0 Å². The van der Waals surface area contributed by atoms with E-state index in [1.807, 2.05) is 6.07 Å². The van der Waals surface area contributed by atoms with Gasteiger partial charge in [-0.15, -0.1) is 5.10 Å². The molecule has 0 bridgehead atoms. The molecule has 0 radical (unpaired) electrons. The molecule has 4 N–H and O–H groups in total. The van der Waals surface area contributed by atoms with Crippen LogP contribution in [0.4, 0.5) is 26.4 Å². The summed E-state index contributed by atoms with van der Waals surface area (Å²) < 4.78 is 25.5. The number of anilines is 3. The van der Waals surface area contributed by atoms with Gasteiger partial charge in [-0.25, -0.2) is 18.7 Å². The molecule has 2 saturated carbocycles. The zero-order chi connectivity index (χ0) is 26.5. The Kier molecular flexibility index (Phi) is 7.82. The highest BCUT2D eigenvalue weighted by Crippen LogP contribution is 2.30. The molecular formula is C25H31FN8O4. The van der Waals surface area contributed by atoms with Crippen molar-refractivity contribution in [3.63, 3.8) is 0 Å². The fourth-order valence-corrected chi connectivity index (χ4v) is 4.43. The largest absolute Gasteiger partial charge is 0.447 e. The molecular weight excluding hydrogens is 495 g/mol. The van der Waals surface area contributed by atoms with E-state index in [0.717, 1.165) is 50.4 Å². The van der Waals surface area contributed by atoms with E-state index in [1.54, 1.807) is 7.11 Å². The molecule has 2 aliphatic carbocycles. The van der Waals surface area contributed by atoms with Crippen molar-refractivity contribution < 1.29 is 23.5 Å². The van der Waals surface area contributed by atoms with Gasteiger partial charge in [0.1, 0.15) is 12.4 Å². The number of carbonyl (C=O) groups is 2. The molecule has 0 unspecified atom stereocenters. The van der Waals surface area contributed by atoms with Crippen molar-refractivity contribution in [1.82, 2.24) is 24.9 Å². The van der Waals surface area contributed by atoms with Crippen LogP contribution in [0.2, 0.25) is 0 Å². The number of alkyl carbamates (subject to hydrolysis) is 1. The van der Waals surface area contributed by atoms with E-state index in [4.69, 9.17) is 9.47 Å². The van der Waals surface area contributed by atoms with E-state index >= 15 is 0 Å².